The van der Waals surface area contributed by atoms with Gasteiger partial charge in [-0.15, -0.1) is 0 Å². The van der Waals surface area contributed by atoms with Crippen LogP contribution in [0.4, 0.5) is 0 Å². The van der Waals surface area contributed by atoms with E-state index in [4.69, 9.17) is 15.6 Å². The molecule has 5 N–H and O–H groups in total. The summed E-state index contributed by atoms with van der Waals surface area (Å²) in [5, 5.41) is 15.1. The third-order valence-electron chi connectivity index (χ3n) is 2.71. The fourth-order valence-corrected chi connectivity index (χ4v) is 1.65. The number of aliphatic carboxylic acids is 1. The first-order valence-electron chi connectivity index (χ1n) is 6.72. The zero-order chi connectivity index (χ0) is 14.6. The minimum absolute atomic E-state index is 0. The standard InChI is InChI=1S/C14H23N3O3.Na/c15-6-7-16-8-9-17-13(14(18)19)11-20-10-12-4-2-1-3-5-12;/h1-5,13,16-17H,6-11,15H2,(H,18,19);/t13-;/m0./s1. The van der Waals surface area contributed by atoms with E-state index in [-0.39, 0.29) is 36.2 Å². The molecule has 0 bridgehead atoms. The van der Waals surface area contributed by atoms with E-state index in [9.17, 15) is 4.79 Å². The average molecular weight is 304 g/mol. The molecule has 113 valence electrons. The normalized spacial score (nSPS) is 11.7. The van der Waals surface area contributed by atoms with Crippen LogP contribution in [0.1, 0.15) is 5.56 Å². The van der Waals surface area contributed by atoms with E-state index in [0.29, 0.717) is 26.2 Å². The largest absolute Gasteiger partial charge is 0.480 e. The van der Waals surface area contributed by atoms with Crippen molar-refractivity contribution in [1.29, 1.82) is 0 Å². The number of nitrogens with one attached hydrogen (secondary N) is 2. The minimum Gasteiger partial charge on any atom is -0.480 e. The summed E-state index contributed by atoms with van der Waals surface area (Å²) < 4.78 is 5.44. The summed E-state index contributed by atoms with van der Waals surface area (Å²) in [4.78, 5) is 11.1. The number of benzene rings is 1. The van der Waals surface area contributed by atoms with Crippen molar-refractivity contribution in [2.45, 2.75) is 12.6 Å². The van der Waals surface area contributed by atoms with E-state index < -0.39 is 12.0 Å². The first kappa shape index (κ1) is 20.5. The van der Waals surface area contributed by atoms with Gasteiger partial charge in [0.05, 0.1) is 13.2 Å². The molecule has 0 saturated heterocycles. The second-order valence-electron chi connectivity index (χ2n) is 4.38. The van der Waals surface area contributed by atoms with Crippen molar-refractivity contribution >= 4 is 35.5 Å². The van der Waals surface area contributed by atoms with Crippen molar-refractivity contribution in [3.8, 4) is 0 Å². The van der Waals surface area contributed by atoms with Gasteiger partial charge in [-0.3, -0.25) is 4.79 Å². The molecule has 0 aliphatic heterocycles. The predicted molar refractivity (Wildman–Crippen MR) is 83.2 cm³/mol. The molecule has 0 heterocycles. The molecule has 21 heavy (non-hydrogen) atoms. The summed E-state index contributed by atoms with van der Waals surface area (Å²) in [5.74, 6) is -0.906. The topological polar surface area (TPSA) is 96.6 Å². The van der Waals surface area contributed by atoms with Crippen LogP contribution in [0, 0.1) is 0 Å². The summed E-state index contributed by atoms with van der Waals surface area (Å²) in [5.41, 5.74) is 6.37. The van der Waals surface area contributed by atoms with Gasteiger partial charge in [0.2, 0.25) is 0 Å². The van der Waals surface area contributed by atoms with Crippen molar-refractivity contribution in [2.24, 2.45) is 5.73 Å². The number of nitrogens with two attached hydrogens (primary N) is 1. The first-order chi connectivity index (χ1) is 9.74. The van der Waals surface area contributed by atoms with Crippen LogP contribution in [0.5, 0.6) is 0 Å². The number of ether oxygens (including phenoxy) is 1. The molecule has 6 nitrogen and oxygen atoms in total. The van der Waals surface area contributed by atoms with Gasteiger partial charge in [0, 0.05) is 55.7 Å². The van der Waals surface area contributed by atoms with E-state index in [0.717, 1.165) is 12.1 Å². The molecule has 1 rings (SSSR count). The fraction of sp³-hybridized carbons (Fsp3) is 0.500. The van der Waals surface area contributed by atoms with Crippen molar-refractivity contribution in [2.75, 3.05) is 32.8 Å². The van der Waals surface area contributed by atoms with Gasteiger partial charge in [0.25, 0.3) is 0 Å². The summed E-state index contributed by atoms with van der Waals surface area (Å²) in [6, 6.07) is 8.97. The zero-order valence-electron chi connectivity index (χ0n) is 12.5. The second kappa shape index (κ2) is 13.2. The number of carboxylic acid groups (broad SMARTS) is 1. The maximum Gasteiger partial charge on any atom is 0.323 e. The van der Waals surface area contributed by atoms with Crippen LogP contribution in [-0.4, -0.2) is 79.5 Å². The van der Waals surface area contributed by atoms with Crippen molar-refractivity contribution < 1.29 is 14.6 Å². The Morgan fingerprint density at radius 2 is 1.95 bits per heavy atom. The van der Waals surface area contributed by atoms with Crippen LogP contribution in [0.15, 0.2) is 30.3 Å². The molecule has 0 aromatic heterocycles. The molecule has 0 fully saturated rings. The summed E-state index contributed by atoms with van der Waals surface area (Å²) in [7, 11) is 0. The number of hydrogen-bond donors (Lipinski definition) is 4. The van der Waals surface area contributed by atoms with Gasteiger partial charge in [-0.05, 0) is 5.56 Å². The molecule has 0 saturated carbocycles. The number of rotatable bonds is 11. The molecular formula is C14H23N3NaO3. The Morgan fingerprint density at radius 1 is 1.24 bits per heavy atom. The van der Waals surface area contributed by atoms with Gasteiger partial charge < -0.3 is 26.2 Å². The molecule has 0 aliphatic carbocycles. The third-order valence-corrected chi connectivity index (χ3v) is 2.71. The molecule has 0 unspecified atom stereocenters. The van der Waals surface area contributed by atoms with Gasteiger partial charge in [0.15, 0.2) is 0 Å². The Kier molecular flexibility index (Phi) is 12.9. The zero-order valence-corrected chi connectivity index (χ0v) is 14.5. The molecule has 1 atom stereocenters. The van der Waals surface area contributed by atoms with Crippen LogP contribution in [-0.2, 0) is 16.1 Å². The average Bonchev–Trinajstić information content (AvgIpc) is 2.46. The van der Waals surface area contributed by atoms with Crippen LogP contribution in [0.25, 0.3) is 0 Å². The van der Waals surface area contributed by atoms with Gasteiger partial charge >= 0.3 is 5.97 Å². The van der Waals surface area contributed by atoms with Gasteiger partial charge in [-0.2, -0.15) is 0 Å². The maximum absolute atomic E-state index is 11.1. The van der Waals surface area contributed by atoms with Crippen molar-refractivity contribution in [1.82, 2.24) is 10.6 Å². The van der Waals surface area contributed by atoms with Crippen LogP contribution >= 0.6 is 0 Å². The Bertz CT molecular complexity index is 379. The Morgan fingerprint density at radius 3 is 2.57 bits per heavy atom. The summed E-state index contributed by atoms with van der Waals surface area (Å²) in [6.07, 6.45) is 0. The smallest absolute Gasteiger partial charge is 0.323 e. The third kappa shape index (κ3) is 9.97. The Hall–Kier alpha value is -0.470. The molecule has 1 aromatic carbocycles. The number of carbonyl (C=O) groups is 1. The molecule has 1 aromatic rings. The Balaban J connectivity index is 0.00000400. The maximum atomic E-state index is 11.1. The van der Waals surface area contributed by atoms with E-state index in [1.54, 1.807) is 0 Å². The molecule has 0 spiro atoms. The van der Waals surface area contributed by atoms with E-state index in [2.05, 4.69) is 10.6 Å². The number of hydrogen-bond acceptors (Lipinski definition) is 5. The van der Waals surface area contributed by atoms with Gasteiger partial charge in [-0.25, -0.2) is 0 Å². The molecule has 0 aliphatic rings. The minimum atomic E-state index is -0.906. The van der Waals surface area contributed by atoms with Gasteiger partial charge in [0.1, 0.15) is 6.04 Å². The summed E-state index contributed by atoms with van der Waals surface area (Å²) >= 11 is 0. The predicted octanol–water partition coefficient (Wildman–Crippen LogP) is -0.586. The van der Waals surface area contributed by atoms with Crippen LogP contribution < -0.4 is 16.4 Å². The Labute approximate surface area is 147 Å². The molecule has 1 radical (unpaired) electrons. The van der Waals surface area contributed by atoms with E-state index >= 15 is 0 Å². The molecular weight excluding hydrogens is 281 g/mol. The van der Waals surface area contributed by atoms with Crippen molar-refractivity contribution in [3.05, 3.63) is 35.9 Å². The summed E-state index contributed by atoms with van der Waals surface area (Å²) in [6.45, 7) is 3.09. The fourth-order valence-electron chi connectivity index (χ4n) is 1.65. The first-order valence-corrected chi connectivity index (χ1v) is 6.72. The quantitative estimate of drug-likeness (QED) is 0.322. The number of carboxylic acids is 1. The second-order valence-corrected chi connectivity index (χ2v) is 4.38. The SMILES string of the molecule is NCCNCCN[C@@H](COCc1ccccc1)C(=O)O.[Na]. The molecule has 7 heteroatoms. The van der Waals surface area contributed by atoms with Gasteiger partial charge in [-0.1, -0.05) is 30.3 Å². The van der Waals surface area contributed by atoms with Crippen LogP contribution in [0.3, 0.4) is 0 Å². The van der Waals surface area contributed by atoms with E-state index in [1.165, 1.54) is 0 Å². The van der Waals surface area contributed by atoms with Crippen molar-refractivity contribution in [3.63, 3.8) is 0 Å². The monoisotopic (exact) mass is 304 g/mol. The molecule has 0 amide bonds. The van der Waals surface area contributed by atoms with E-state index in [1.807, 2.05) is 30.3 Å². The van der Waals surface area contributed by atoms with Crippen LogP contribution in [0.2, 0.25) is 0 Å².